The molecule has 53 heavy (non-hydrogen) atoms. The summed E-state index contributed by atoms with van der Waals surface area (Å²) in [4.78, 5) is 32.1. The molecule has 11 nitrogen and oxygen atoms in total. The van der Waals surface area contributed by atoms with Crippen molar-refractivity contribution in [3.05, 3.63) is 95.6 Å². The number of nitrogens with one attached hydrogen (secondary N) is 2. The number of methoxy groups -OCH3 is 1. The van der Waals surface area contributed by atoms with Gasteiger partial charge < -0.3 is 24.4 Å². The van der Waals surface area contributed by atoms with Crippen LogP contribution in [-0.4, -0.2) is 75.1 Å². The number of likely N-dealkylation sites (N-methyl/N-ethyl adjacent to an activating group) is 1. The molecular weight excluding hydrogens is 693 g/mol. The molecule has 3 aliphatic rings. The molecule has 0 radical (unpaired) electrons. The van der Waals surface area contributed by atoms with Gasteiger partial charge in [-0.2, -0.15) is 0 Å². The maximum Gasteiger partial charge on any atom is 0.245 e. The molecule has 0 spiro atoms. The van der Waals surface area contributed by atoms with Gasteiger partial charge in [0.25, 0.3) is 0 Å². The highest BCUT2D eigenvalue weighted by molar-refractivity contribution is 7.89. The molecule has 4 aromatic rings. The summed E-state index contributed by atoms with van der Waals surface area (Å²) >= 11 is 0. The number of carbonyl (C=O) groups is 2. The minimum atomic E-state index is -4.17. The van der Waals surface area contributed by atoms with E-state index in [-0.39, 0.29) is 36.5 Å². The molecular formula is C41H48N4O7S. The topological polar surface area (TPSA) is 127 Å². The second-order valence-electron chi connectivity index (χ2n) is 14.7. The third kappa shape index (κ3) is 8.00. The number of carbonyl (C=O) groups excluding carboxylic acids is 2. The number of benzene rings is 4. The minimum absolute atomic E-state index is 0.0442. The summed E-state index contributed by atoms with van der Waals surface area (Å²) in [6.45, 7) is 4.81. The first-order valence-corrected chi connectivity index (χ1v) is 19.9. The van der Waals surface area contributed by atoms with Crippen molar-refractivity contribution in [2.75, 3.05) is 21.0 Å². The molecule has 0 aliphatic carbocycles. The van der Waals surface area contributed by atoms with Crippen LogP contribution in [0.5, 0.6) is 17.2 Å². The Labute approximate surface area is 311 Å². The van der Waals surface area contributed by atoms with Gasteiger partial charge in [-0.3, -0.25) is 14.5 Å². The van der Waals surface area contributed by atoms with Crippen LogP contribution in [0.4, 0.5) is 0 Å². The Kier molecular flexibility index (Phi) is 10.6. The van der Waals surface area contributed by atoms with E-state index >= 15 is 0 Å². The molecule has 0 aromatic heterocycles. The van der Waals surface area contributed by atoms with Gasteiger partial charge in [-0.15, -0.1) is 0 Å². The van der Waals surface area contributed by atoms with Crippen LogP contribution in [0.15, 0.2) is 83.8 Å². The van der Waals surface area contributed by atoms with E-state index < -0.39 is 28.0 Å². The number of rotatable bonds is 14. The Balaban J connectivity index is 1.12. The number of sulfonamides is 1. The molecule has 2 atom stereocenters. The molecule has 2 fully saturated rings. The fourth-order valence-electron chi connectivity index (χ4n) is 7.85. The lowest BCUT2D eigenvalue weighted by Crippen LogP contribution is -2.50. The van der Waals surface area contributed by atoms with Crippen LogP contribution in [0.3, 0.4) is 0 Å². The summed E-state index contributed by atoms with van der Waals surface area (Å²) in [5.74, 6) is 0.889. The first kappa shape index (κ1) is 36.7. The molecule has 280 valence electrons. The predicted octanol–water partition coefficient (Wildman–Crippen LogP) is 5.71. The Hall–Kier alpha value is -4.65. The second-order valence-corrected chi connectivity index (χ2v) is 16.3. The Morgan fingerprint density at radius 2 is 1.60 bits per heavy atom. The van der Waals surface area contributed by atoms with Gasteiger partial charge in [0.05, 0.1) is 18.0 Å². The van der Waals surface area contributed by atoms with Crippen molar-refractivity contribution >= 4 is 32.6 Å². The highest BCUT2D eigenvalue weighted by Crippen LogP contribution is 2.39. The first-order chi connectivity index (χ1) is 25.5. The Bertz CT molecular complexity index is 2070. The van der Waals surface area contributed by atoms with E-state index in [4.69, 9.17) is 14.2 Å². The van der Waals surface area contributed by atoms with Crippen molar-refractivity contribution in [3.63, 3.8) is 0 Å². The Morgan fingerprint density at radius 3 is 2.30 bits per heavy atom. The van der Waals surface area contributed by atoms with Crippen LogP contribution in [0.2, 0.25) is 0 Å². The fraction of sp³-hybridized carbons (Fsp3) is 0.415. The van der Waals surface area contributed by atoms with E-state index in [1.54, 1.807) is 61.5 Å². The lowest BCUT2D eigenvalue weighted by Gasteiger charge is -2.28. The molecule has 7 rings (SSSR count). The van der Waals surface area contributed by atoms with Gasteiger partial charge in [-0.1, -0.05) is 42.5 Å². The Morgan fingerprint density at radius 1 is 0.906 bits per heavy atom. The van der Waals surface area contributed by atoms with Crippen molar-refractivity contribution in [2.45, 2.75) is 94.0 Å². The number of fused-ring (bicyclic) bond motifs is 4. The average Bonchev–Trinajstić information content (AvgIpc) is 3.89. The van der Waals surface area contributed by atoms with Gasteiger partial charge in [-0.05, 0) is 98.0 Å². The minimum Gasteiger partial charge on any atom is -0.497 e. The van der Waals surface area contributed by atoms with Crippen molar-refractivity contribution in [1.29, 1.82) is 0 Å². The van der Waals surface area contributed by atoms with Gasteiger partial charge >= 0.3 is 0 Å². The monoisotopic (exact) mass is 740 g/mol. The SMILES string of the molecule is COc1ccc2c(S(=O)(=O)N[C@H](CC(=O)N[C@H](Cc3ccc(CN4C5CCC4CC5)cc3)C(=O)N(C)C(C)C)c3ccc4c(c3)OCO4)cccc2c1. The molecule has 3 heterocycles. The van der Waals surface area contributed by atoms with E-state index in [1.165, 1.54) is 37.3 Å². The molecule has 0 unspecified atom stereocenters. The lowest BCUT2D eigenvalue weighted by atomic mass is 10.0. The number of ether oxygens (including phenoxy) is 3. The zero-order chi connectivity index (χ0) is 37.3. The van der Waals surface area contributed by atoms with Crippen molar-refractivity contribution in [1.82, 2.24) is 19.8 Å². The normalized spacial score (nSPS) is 19.0. The largest absolute Gasteiger partial charge is 0.497 e. The van der Waals surface area contributed by atoms with Gasteiger partial charge in [0.2, 0.25) is 28.6 Å². The standard InChI is InChI=1S/C41H48N4O7S/c1-26(2)44(3)41(47)36(20-27-8-10-28(11-9-27)24-45-31-13-14-32(45)16-15-31)42-40(46)23-35(30-12-19-37-38(22-30)52-25-51-37)43-53(48,49)39-7-5-6-29-21-33(50-4)17-18-34(29)39/h5-12,17-19,21-22,26,31-32,35-36,43H,13-16,20,23-25H2,1-4H3,(H,42,46)/t31?,32?,35-,36-/m1/s1. The molecule has 4 aromatic carbocycles. The van der Waals surface area contributed by atoms with Crippen molar-refractivity contribution in [2.24, 2.45) is 0 Å². The average molecular weight is 741 g/mol. The second kappa shape index (κ2) is 15.4. The van der Waals surface area contributed by atoms with Crippen LogP contribution in [0.1, 0.15) is 68.7 Å². The first-order valence-electron chi connectivity index (χ1n) is 18.4. The number of amides is 2. The van der Waals surface area contributed by atoms with Crippen LogP contribution < -0.4 is 24.2 Å². The number of hydrogen-bond donors (Lipinski definition) is 2. The highest BCUT2D eigenvalue weighted by atomic mass is 32.2. The molecule has 3 aliphatic heterocycles. The highest BCUT2D eigenvalue weighted by Gasteiger charge is 2.39. The summed E-state index contributed by atoms with van der Waals surface area (Å²) in [7, 11) is -0.890. The van der Waals surface area contributed by atoms with E-state index in [0.717, 1.165) is 12.1 Å². The van der Waals surface area contributed by atoms with Crippen LogP contribution in [0, 0.1) is 0 Å². The number of nitrogens with zero attached hydrogens (tertiary/aromatic N) is 2. The molecule has 2 amide bonds. The lowest BCUT2D eigenvalue weighted by molar-refractivity contribution is -0.136. The number of hydrogen-bond acceptors (Lipinski definition) is 8. The van der Waals surface area contributed by atoms with Gasteiger partial charge in [0.1, 0.15) is 11.8 Å². The van der Waals surface area contributed by atoms with Gasteiger partial charge in [0, 0.05) is 49.9 Å². The quantitative estimate of drug-likeness (QED) is 0.169. The molecule has 0 saturated carbocycles. The molecule has 2 bridgehead atoms. The van der Waals surface area contributed by atoms with Gasteiger partial charge in [-0.25, -0.2) is 13.1 Å². The smallest absolute Gasteiger partial charge is 0.245 e. The predicted molar refractivity (Wildman–Crippen MR) is 202 cm³/mol. The molecule has 12 heteroatoms. The van der Waals surface area contributed by atoms with Crippen LogP contribution in [-0.2, 0) is 32.6 Å². The van der Waals surface area contributed by atoms with E-state index in [0.29, 0.717) is 45.7 Å². The third-order valence-electron chi connectivity index (χ3n) is 11.0. The summed E-state index contributed by atoms with van der Waals surface area (Å²) in [6.07, 6.45) is 5.15. The van der Waals surface area contributed by atoms with E-state index in [9.17, 15) is 18.0 Å². The third-order valence-corrected chi connectivity index (χ3v) is 12.5. The van der Waals surface area contributed by atoms with Crippen molar-refractivity contribution < 1.29 is 32.2 Å². The van der Waals surface area contributed by atoms with Gasteiger partial charge in [0.15, 0.2) is 11.5 Å². The maximum absolute atomic E-state index is 14.1. The van der Waals surface area contributed by atoms with Crippen molar-refractivity contribution in [3.8, 4) is 17.2 Å². The molecule has 2 saturated heterocycles. The molecule has 2 N–H and O–H groups in total. The van der Waals surface area contributed by atoms with E-state index in [2.05, 4.69) is 27.1 Å². The van der Waals surface area contributed by atoms with E-state index in [1.807, 2.05) is 32.0 Å². The maximum atomic E-state index is 14.1. The van der Waals surface area contributed by atoms with Crippen LogP contribution >= 0.6 is 0 Å². The fourth-order valence-corrected chi connectivity index (χ4v) is 9.30. The summed E-state index contributed by atoms with van der Waals surface area (Å²) in [5.41, 5.74) is 2.68. The zero-order valence-corrected chi connectivity index (χ0v) is 31.5. The van der Waals surface area contributed by atoms with Crippen LogP contribution in [0.25, 0.3) is 10.8 Å². The summed E-state index contributed by atoms with van der Waals surface area (Å²) < 4.78 is 47.4. The summed E-state index contributed by atoms with van der Waals surface area (Å²) in [6, 6.07) is 23.0. The zero-order valence-electron chi connectivity index (χ0n) is 30.7. The summed E-state index contributed by atoms with van der Waals surface area (Å²) in [5, 5.41) is 4.17.